The summed E-state index contributed by atoms with van der Waals surface area (Å²) in [4.78, 5) is 6.57. The SMILES string of the molecule is C1=CC2C=Cc3c(c4ccccc4n3-c3cccc4c3oc3cc(C5=Nc6c(sc7ccccc67)C(c6ccc7ccccc7c6)N5)ccc34)C2C=C1. The van der Waals surface area contributed by atoms with E-state index in [9.17, 15) is 0 Å². The molecule has 0 spiro atoms. The van der Waals surface area contributed by atoms with E-state index >= 15 is 0 Å². The first-order valence-electron chi connectivity index (χ1n) is 18.2. The predicted molar refractivity (Wildman–Crippen MR) is 221 cm³/mol. The van der Waals surface area contributed by atoms with Crippen LogP contribution in [0.3, 0.4) is 0 Å². The molecule has 3 unspecified atom stereocenters. The number of aliphatic imine (C=N–C) groups is 1. The minimum absolute atomic E-state index is 0.0344. The van der Waals surface area contributed by atoms with Crippen LogP contribution in [0.1, 0.15) is 39.2 Å². The van der Waals surface area contributed by atoms with Crippen molar-refractivity contribution in [3.63, 3.8) is 0 Å². The van der Waals surface area contributed by atoms with Crippen molar-refractivity contribution in [1.29, 1.82) is 0 Å². The second-order valence-corrected chi connectivity index (χ2v) is 15.4. The number of nitrogens with zero attached hydrogens (tertiary/aromatic N) is 2. The maximum atomic E-state index is 6.92. The van der Waals surface area contributed by atoms with Crippen LogP contribution in [0, 0.1) is 5.92 Å². The van der Waals surface area contributed by atoms with E-state index in [1.54, 1.807) is 0 Å². The quantitative estimate of drug-likeness (QED) is 0.200. The zero-order valence-electron chi connectivity index (χ0n) is 28.5. The van der Waals surface area contributed by atoms with E-state index in [1.165, 1.54) is 53.5 Å². The highest BCUT2D eigenvalue weighted by Gasteiger charge is 2.31. The standard InChI is InChI=1S/C48H31N3OS/c1-2-12-30-26-31(21-20-28(30)10-1)44-47-45(37-15-6-8-19-42(37)53-47)50-48(49-44)32-22-24-34-35-16-9-18-40(46(35)52-41(34)27-32)51-38-17-7-5-14-36(38)43-33-13-4-3-11-29(33)23-25-39(43)51/h1-27,29,33,44H,(H,49,50). The summed E-state index contributed by atoms with van der Waals surface area (Å²) in [7, 11) is 0. The highest BCUT2D eigenvalue weighted by molar-refractivity contribution is 7.19. The predicted octanol–water partition coefficient (Wildman–Crippen LogP) is 12.5. The van der Waals surface area contributed by atoms with E-state index < -0.39 is 0 Å². The zero-order valence-corrected chi connectivity index (χ0v) is 29.3. The number of allylic oxidation sites excluding steroid dienone is 5. The third kappa shape index (κ3) is 4.26. The molecule has 3 aromatic heterocycles. The lowest BCUT2D eigenvalue weighted by Gasteiger charge is -2.26. The van der Waals surface area contributed by atoms with E-state index in [0.29, 0.717) is 11.8 Å². The molecule has 4 nitrogen and oxygen atoms in total. The summed E-state index contributed by atoms with van der Waals surface area (Å²) in [5, 5.41) is 11.0. The van der Waals surface area contributed by atoms with Gasteiger partial charge in [0.15, 0.2) is 5.58 Å². The molecule has 3 atom stereocenters. The van der Waals surface area contributed by atoms with E-state index in [-0.39, 0.29) is 6.04 Å². The number of aromatic nitrogens is 1. The summed E-state index contributed by atoms with van der Waals surface area (Å²) in [6.45, 7) is 0. The van der Waals surface area contributed by atoms with Crippen molar-refractivity contribution in [2.75, 3.05) is 0 Å². The van der Waals surface area contributed by atoms with Crippen molar-refractivity contribution in [2.24, 2.45) is 10.9 Å². The molecular formula is C48H31N3OS. The van der Waals surface area contributed by atoms with Crippen LogP contribution in [-0.4, -0.2) is 10.4 Å². The average molecular weight is 698 g/mol. The Kier molecular flexibility index (Phi) is 6.08. The zero-order chi connectivity index (χ0) is 34.6. The van der Waals surface area contributed by atoms with Crippen LogP contribution < -0.4 is 5.32 Å². The lowest BCUT2D eigenvalue weighted by atomic mass is 9.78. The summed E-state index contributed by atoms with van der Waals surface area (Å²) in [5.74, 6) is 1.53. The van der Waals surface area contributed by atoms with Crippen LogP contribution >= 0.6 is 11.3 Å². The van der Waals surface area contributed by atoms with Crippen LogP contribution in [0.25, 0.3) is 65.5 Å². The minimum atomic E-state index is -0.0344. The van der Waals surface area contributed by atoms with Crippen molar-refractivity contribution in [2.45, 2.75) is 12.0 Å². The molecular weight excluding hydrogens is 667 g/mol. The molecule has 53 heavy (non-hydrogen) atoms. The molecule has 0 radical (unpaired) electrons. The van der Waals surface area contributed by atoms with Gasteiger partial charge in [-0.3, -0.25) is 0 Å². The molecule has 3 aliphatic rings. The van der Waals surface area contributed by atoms with Crippen molar-refractivity contribution < 1.29 is 4.42 Å². The van der Waals surface area contributed by atoms with Crippen LogP contribution in [0.5, 0.6) is 0 Å². The first-order valence-corrected chi connectivity index (χ1v) is 19.1. The molecule has 4 heterocycles. The Morgan fingerprint density at radius 1 is 0.679 bits per heavy atom. The molecule has 5 heteroatoms. The smallest absolute Gasteiger partial charge is 0.159 e. The van der Waals surface area contributed by atoms with Gasteiger partial charge in [0, 0.05) is 43.6 Å². The molecule has 9 aromatic rings. The summed E-state index contributed by atoms with van der Waals surface area (Å²) in [6.07, 6.45) is 13.7. The van der Waals surface area contributed by atoms with Crippen molar-refractivity contribution in [3.05, 3.63) is 185 Å². The molecule has 6 aromatic carbocycles. The Bertz CT molecular complexity index is 3130. The van der Waals surface area contributed by atoms with Crippen molar-refractivity contribution >= 4 is 82.6 Å². The number of thiophene rings is 1. The van der Waals surface area contributed by atoms with Gasteiger partial charge in [0.1, 0.15) is 11.4 Å². The lowest BCUT2D eigenvalue weighted by Crippen LogP contribution is -2.32. The first kappa shape index (κ1) is 29.2. The Balaban J connectivity index is 1.02. The first-order chi connectivity index (χ1) is 26.3. The second kappa shape index (κ2) is 11.0. The van der Waals surface area contributed by atoms with Gasteiger partial charge in [-0.1, -0.05) is 121 Å². The fourth-order valence-electron chi connectivity index (χ4n) is 8.94. The van der Waals surface area contributed by atoms with Gasteiger partial charge in [-0.25, -0.2) is 4.99 Å². The maximum Gasteiger partial charge on any atom is 0.159 e. The molecule has 0 saturated carbocycles. The Labute approximate surface area is 309 Å². The molecule has 0 saturated heterocycles. The summed E-state index contributed by atoms with van der Waals surface area (Å²) < 4.78 is 10.6. The molecule has 1 aliphatic heterocycles. The van der Waals surface area contributed by atoms with E-state index in [0.717, 1.165) is 44.7 Å². The molecule has 2 aliphatic carbocycles. The second-order valence-electron chi connectivity index (χ2n) is 14.3. The number of hydrogen-bond acceptors (Lipinski definition) is 4. The topological polar surface area (TPSA) is 42.5 Å². The number of rotatable bonds is 3. The third-order valence-corrected chi connectivity index (χ3v) is 12.6. The summed E-state index contributed by atoms with van der Waals surface area (Å²) in [5.41, 5.74) is 9.85. The molecule has 250 valence electrons. The molecule has 0 bridgehead atoms. The van der Waals surface area contributed by atoms with Gasteiger partial charge in [0.2, 0.25) is 0 Å². The largest absolute Gasteiger partial charge is 0.454 e. The number of benzene rings is 6. The van der Waals surface area contributed by atoms with Crippen LogP contribution in [0.2, 0.25) is 0 Å². The van der Waals surface area contributed by atoms with Crippen molar-refractivity contribution in [1.82, 2.24) is 9.88 Å². The normalized spacial score (nSPS) is 18.8. The Morgan fingerprint density at radius 3 is 2.47 bits per heavy atom. The monoisotopic (exact) mass is 697 g/mol. The number of nitrogens with one attached hydrogen (secondary N) is 1. The van der Waals surface area contributed by atoms with E-state index in [4.69, 9.17) is 9.41 Å². The molecule has 12 rings (SSSR count). The lowest BCUT2D eigenvalue weighted by molar-refractivity contribution is 0.664. The van der Waals surface area contributed by atoms with Gasteiger partial charge in [0.25, 0.3) is 0 Å². The van der Waals surface area contributed by atoms with Gasteiger partial charge in [-0.15, -0.1) is 11.3 Å². The Hall–Kier alpha value is -6.43. The van der Waals surface area contributed by atoms with Gasteiger partial charge in [-0.2, -0.15) is 0 Å². The number of furan rings is 1. The highest BCUT2D eigenvalue weighted by Crippen LogP contribution is 2.48. The minimum Gasteiger partial charge on any atom is -0.454 e. The Morgan fingerprint density at radius 2 is 1.51 bits per heavy atom. The highest BCUT2D eigenvalue weighted by atomic mass is 32.1. The van der Waals surface area contributed by atoms with Gasteiger partial charge in [-0.05, 0) is 64.4 Å². The van der Waals surface area contributed by atoms with Gasteiger partial charge in [0.05, 0.1) is 33.5 Å². The van der Waals surface area contributed by atoms with E-state index in [2.05, 4.69) is 174 Å². The number of fused-ring (bicyclic) bond motifs is 12. The number of para-hydroxylation sites is 2. The molecule has 0 fully saturated rings. The van der Waals surface area contributed by atoms with Crippen LogP contribution in [0.15, 0.2) is 167 Å². The van der Waals surface area contributed by atoms with Crippen LogP contribution in [-0.2, 0) is 0 Å². The molecule has 0 amide bonds. The third-order valence-electron chi connectivity index (χ3n) is 11.4. The summed E-state index contributed by atoms with van der Waals surface area (Å²) in [6, 6.07) is 45.8. The number of hydrogen-bond donors (Lipinski definition) is 1. The average Bonchev–Trinajstić information content (AvgIpc) is 3.90. The van der Waals surface area contributed by atoms with Crippen LogP contribution in [0.4, 0.5) is 5.69 Å². The van der Waals surface area contributed by atoms with Gasteiger partial charge >= 0.3 is 0 Å². The van der Waals surface area contributed by atoms with Gasteiger partial charge < -0.3 is 14.3 Å². The fraction of sp³-hybridized carbons (Fsp3) is 0.0625. The number of amidine groups is 1. The maximum absolute atomic E-state index is 6.92. The molecule has 1 N–H and O–H groups in total. The van der Waals surface area contributed by atoms with E-state index in [1.807, 2.05) is 11.3 Å². The van der Waals surface area contributed by atoms with Crippen molar-refractivity contribution in [3.8, 4) is 5.69 Å². The summed E-state index contributed by atoms with van der Waals surface area (Å²) >= 11 is 1.83. The fourth-order valence-corrected chi connectivity index (χ4v) is 10.2.